The highest BCUT2D eigenvalue weighted by molar-refractivity contribution is 9.10. The second kappa shape index (κ2) is 8.35. The van der Waals surface area contributed by atoms with Gasteiger partial charge in [0.15, 0.2) is 6.61 Å². The highest BCUT2D eigenvalue weighted by Gasteiger charge is 2.07. The number of carbonyl (C=O) groups is 1. The SMILES string of the molecule is O=C(COc1ccc(Br)cc1)Oc1ccc(Oc2ccccc2)cc1. The summed E-state index contributed by atoms with van der Waals surface area (Å²) in [5, 5.41) is 0. The van der Waals surface area contributed by atoms with Crippen molar-refractivity contribution < 1.29 is 19.0 Å². The van der Waals surface area contributed by atoms with Gasteiger partial charge in [0.1, 0.15) is 23.0 Å². The summed E-state index contributed by atoms with van der Waals surface area (Å²) in [5.74, 6) is 1.98. The molecule has 3 rings (SSSR count). The van der Waals surface area contributed by atoms with Gasteiger partial charge in [-0.05, 0) is 60.7 Å². The van der Waals surface area contributed by atoms with E-state index in [0.29, 0.717) is 17.2 Å². The van der Waals surface area contributed by atoms with E-state index in [-0.39, 0.29) is 6.61 Å². The van der Waals surface area contributed by atoms with Gasteiger partial charge >= 0.3 is 5.97 Å². The van der Waals surface area contributed by atoms with Crippen molar-refractivity contribution >= 4 is 21.9 Å². The molecule has 0 N–H and O–H groups in total. The summed E-state index contributed by atoms with van der Waals surface area (Å²) in [7, 11) is 0. The zero-order valence-corrected chi connectivity index (χ0v) is 14.8. The van der Waals surface area contributed by atoms with Crippen LogP contribution in [-0.2, 0) is 4.79 Å². The molecule has 0 aliphatic heterocycles. The Balaban J connectivity index is 1.50. The van der Waals surface area contributed by atoms with Gasteiger partial charge in [-0.2, -0.15) is 0 Å². The zero-order chi connectivity index (χ0) is 17.5. The second-order valence-electron chi connectivity index (χ2n) is 5.10. The van der Waals surface area contributed by atoms with Crippen molar-refractivity contribution in [3.05, 3.63) is 83.3 Å². The number of carbonyl (C=O) groups excluding carboxylic acids is 1. The van der Waals surface area contributed by atoms with Gasteiger partial charge in [-0.1, -0.05) is 34.1 Å². The topological polar surface area (TPSA) is 44.8 Å². The van der Waals surface area contributed by atoms with Crippen molar-refractivity contribution in [2.45, 2.75) is 0 Å². The molecule has 126 valence electrons. The van der Waals surface area contributed by atoms with Crippen LogP contribution in [0.2, 0.25) is 0 Å². The molecule has 3 aromatic rings. The molecule has 0 aromatic heterocycles. The summed E-state index contributed by atoms with van der Waals surface area (Å²) >= 11 is 3.34. The third-order valence-electron chi connectivity index (χ3n) is 3.20. The maximum absolute atomic E-state index is 11.8. The van der Waals surface area contributed by atoms with Crippen molar-refractivity contribution in [2.24, 2.45) is 0 Å². The summed E-state index contributed by atoms with van der Waals surface area (Å²) in [5.41, 5.74) is 0. The first kappa shape index (κ1) is 17.0. The first-order valence-corrected chi connectivity index (χ1v) is 8.40. The Labute approximate surface area is 154 Å². The summed E-state index contributed by atoms with van der Waals surface area (Å²) in [6.07, 6.45) is 0. The van der Waals surface area contributed by atoms with Gasteiger partial charge in [0.2, 0.25) is 0 Å². The molecule has 0 aliphatic rings. The number of ether oxygens (including phenoxy) is 3. The average molecular weight is 399 g/mol. The van der Waals surface area contributed by atoms with Crippen LogP contribution in [0, 0.1) is 0 Å². The molecule has 25 heavy (non-hydrogen) atoms. The van der Waals surface area contributed by atoms with E-state index < -0.39 is 5.97 Å². The summed E-state index contributed by atoms with van der Waals surface area (Å²) in [6.45, 7) is -0.163. The van der Waals surface area contributed by atoms with E-state index in [1.807, 2.05) is 42.5 Å². The minimum atomic E-state index is -0.473. The molecule has 3 aromatic carbocycles. The number of hydrogen-bond donors (Lipinski definition) is 0. The maximum atomic E-state index is 11.8. The number of para-hydroxylation sites is 1. The first-order chi connectivity index (χ1) is 12.2. The van der Waals surface area contributed by atoms with Crippen LogP contribution in [0.5, 0.6) is 23.0 Å². The quantitative estimate of drug-likeness (QED) is 0.421. The standard InChI is InChI=1S/C20H15BrO4/c21-15-6-8-16(9-7-15)23-14-20(22)25-19-12-10-18(11-13-19)24-17-4-2-1-3-5-17/h1-13H,14H2. The molecule has 0 saturated carbocycles. The van der Waals surface area contributed by atoms with Crippen LogP contribution in [0.3, 0.4) is 0 Å². The van der Waals surface area contributed by atoms with Crippen molar-refractivity contribution in [3.63, 3.8) is 0 Å². The largest absolute Gasteiger partial charge is 0.482 e. The van der Waals surface area contributed by atoms with Gasteiger partial charge < -0.3 is 14.2 Å². The Morgan fingerprint density at radius 1 is 0.720 bits per heavy atom. The molecule has 0 radical (unpaired) electrons. The molecule has 4 nitrogen and oxygen atoms in total. The van der Waals surface area contributed by atoms with E-state index in [9.17, 15) is 4.79 Å². The fourth-order valence-electron chi connectivity index (χ4n) is 2.03. The Hall–Kier alpha value is -2.79. The molecule has 0 saturated heterocycles. The Morgan fingerprint density at radius 3 is 1.96 bits per heavy atom. The van der Waals surface area contributed by atoms with Gasteiger partial charge in [-0.15, -0.1) is 0 Å². The molecule has 0 heterocycles. The molecule has 0 atom stereocenters. The predicted octanol–water partition coefficient (Wildman–Crippen LogP) is 5.23. The first-order valence-electron chi connectivity index (χ1n) is 7.61. The fraction of sp³-hybridized carbons (Fsp3) is 0.0500. The van der Waals surface area contributed by atoms with Gasteiger partial charge in [0.25, 0.3) is 0 Å². The van der Waals surface area contributed by atoms with Crippen LogP contribution in [0.4, 0.5) is 0 Å². The number of esters is 1. The van der Waals surface area contributed by atoms with Crippen LogP contribution in [0.15, 0.2) is 83.3 Å². The number of halogens is 1. The third-order valence-corrected chi connectivity index (χ3v) is 3.73. The van der Waals surface area contributed by atoms with Crippen LogP contribution >= 0.6 is 15.9 Å². The second-order valence-corrected chi connectivity index (χ2v) is 6.02. The normalized spacial score (nSPS) is 10.1. The monoisotopic (exact) mass is 398 g/mol. The molecule has 0 bridgehead atoms. The van der Waals surface area contributed by atoms with Crippen LogP contribution in [0.25, 0.3) is 0 Å². The van der Waals surface area contributed by atoms with E-state index in [4.69, 9.17) is 14.2 Å². The Bertz CT molecular complexity index is 815. The van der Waals surface area contributed by atoms with Crippen LogP contribution in [0.1, 0.15) is 0 Å². The third kappa shape index (κ3) is 5.36. The van der Waals surface area contributed by atoms with Crippen LogP contribution < -0.4 is 14.2 Å². The number of benzene rings is 3. The lowest BCUT2D eigenvalue weighted by Crippen LogP contribution is -2.17. The van der Waals surface area contributed by atoms with Crippen molar-refractivity contribution in [2.75, 3.05) is 6.61 Å². The minimum Gasteiger partial charge on any atom is -0.482 e. The number of hydrogen-bond acceptors (Lipinski definition) is 4. The average Bonchev–Trinajstić information content (AvgIpc) is 2.64. The summed E-state index contributed by atoms with van der Waals surface area (Å²) in [4.78, 5) is 11.8. The van der Waals surface area contributed by atoms with E-state index in [2.05, 4.69) is 15.9 Å². The summed E-state index contributed by atoms with van der Waals surface area (Å²) in [6, 6.07) is 23.5. The van der Waals surface area contributed by atoms with Gasteiger partial charge in [-0.25, -0.2) is 4.79 Å². The predicted molar refractivity (Wildman–Crippen MR) is 98.2 cm³/mol. The maximum Gasteiger partial charge on any atom is 0.349 e. The molecular weight excluding hydrogens is 384 g/mol. The van der Waals surface area contributed by atoms with Gasteiger partial charge in [-0.3, -0.25) is 0 Å². The summed E-state index contributed by atoms with van der Waals surface area (Å²) < 4.78 is 17.2. The molecular formula is C20H15BrO4. The molecule has 0 unspecified atom stereocenters. The molecule has 0 aliphatic carbocycles. The Kier molecular flexibility index (Phi) is 5.69. The lowest BCUT2D eigenvalue weighted by atomic mass is 10.3. The minimum absolute atomic E-state index is 0.163. The lowest BCUT2D eigenvalue weighted by molar-refractivity contribution is -0.136. The molecule has 0 spiro atoms. The molecule has 5 heteroatoms. The zero-order valence-electron chi connectivity index (χ0n) is 13.2. The highest BCUT2D eigenvalue weighted by Crippen LogP contribution is 2.23. The van der Waals surface area contributed by atoms with Crippen molar-refractivity contribution in [1.29, 1.82) is 0 Å². The van der Waals surface area contributed by atoms with Crippen LogP contribution in [-0.4, -0.2) is 12.6 Å². The molecule has 0 fully saturated rings. The molecule has 0 amide bonds. The van der Waals surface area contributed by atoms with Gasteiger partial charge in [0.05, 0.1) is 0 Å². The lowest BCUT2D eigenvalue weighted by Gasteiger charge is -2.08. The van der Waals surface area contributed by atoms with Gasteiger partial charge in [0, 0.05) is 4.47 Å². The Morgan fingerprint density at radius 2 is 1.28 bits per heavy atom. The van der Waals surface area contributed by atoms with Crippen molar-refractivity contribution in [3.8, 4) is 23.0 Å². The smallest absolute Gasteiger partial charge is 0.349 e. The van der Waals surface area contributed by atoms with E-state index in [1.54, 1.807) is 36.4 Å². The van der Waals surface area contributed by atoms with Crippen molar-refractivity contribution in [1.82, 2.24) is 0 Å². The fourth-order valence-corrected chi connectivity index (χ4v) is 2.30. The highest BCUT2D eigenvalue weighted by atomic mass is 79.9. The van der Waals surface area contributed by atoms with E-state index in [1.165, 1.54) is 0 Å². The van der Waals surface area contributed by atoms with E-state index >= 15 is 0 Å². The van der Waals surface area contributed by atoms with E-state index in [0.717, 1.165) is 10.2 Å². The number of rotatable bonds is 6.